The number of hydrogen-bond acceptors (Lipinski definition) is 4. The van der Waals surface area contributed by atoms with E-state index in [0.29, 0.717) is 6.42 Å². The standard InChI is InChI=1S/C12H14FIN2O3/c1-12(2)10(5-11(12)17)15-8-3-6(13)7(14)4-9(8)16(18)19/h3-4,10-11,15,17H,5H2,1-2H3. The van der Waals surface area contributed by atoms with Crippen molar-refractivity contribution in [1.29, 1.82) is 0 Å². The molecule has 1 aliphatic rings. The molecule has 19 heavy (non-hydrogen) atoms. The third kappa shape index (κ3) is 2.53. The second-order valence-corrected chi connectivity index (χ2v) is 6.47. The van der Waals surface area contributed by atoms with Crippen LogP contribution in [-0.4, -0.2) is 22.2 Å². The first-order valence-electron chi connectivity index (χ1n) is 5.81. The van der Waals surface area contributed by atoms with Crippen LogP contribution in [0.2, 0.25) is 0 Å². The highest BCUT2D eigenvalue weighted by molar-refractivity contribution is 14.1. The van der Waals surface area contributed by atoms with E-state index in [1.165, 1.54) is 6.07 Å². The molecule has 2 atom stereocenters. The van der Waals surface area contributed by atoms with E-state index in [0.717, 1.165) is 6.07 Å². The molecule has 0 radical (unpaired) electrons. The first-order chi connectivity index (χ1) is 8.73. The van der Waals surface area contributed by atoms with Gasteiger partial charge in [0, 0.05) is 23.6 Å². The van der Waals surface area contributed by atoms with Crippen molar-refractivity contribution in [2.24, 2.45) is 5.41 Å². The van der Waals surface area contributed by atoms with E-state index in [1.54, 1.807) is 22.6 Å². The monoisotopic (exact) mass is 380 g/mol. The van der Waals surface area contributed by atoms with E-state index >= 15 is 0 Å². The van der Waals surface area contributed by atoms with Crippen LogP contribution in [0, 0.1) is 24.9 Å². The van der Waals surface area contributed by atoms with E-state index in [2.05, 4.69) is 5.32 Å². The molecule has 5 nitrogen and oxygen atoms in total. The summed E-state index contributed by atoms with van der Waals surface area (Å²) in [6, 6.07) is 2.24. The van der Waals surface area contributed by atoms with Gasteiger partial charge in [0.2, 0.25) is 0 Å². The lowest BCUT2D eigenvalue weighted by Crippen LogP contribution is -2.56. The normalized spacial score (nSPS) is 24.7. The van der Waals surface area contributed by atoms with Gasteiger partial charge in [-0.1, -0.05) is 13.8 Å². The van der Waals surface area contributed by atoms with Crippen molar-refractivity contribution in [3.63, 3.8) is 0 Å². The number of nitrogens with one attached hydrogen (secondary N) is 1. The largest absolute Gasteiger partial charge is 0.392 e. The SMILES string of the molecule is CC1(C)C(O)CC1Nc1cc(F)c(I)cc1[N+](=O)[O-]. The van der Waals surface area contributed by atoms with Crippen LogP contribution in [-0.2, 0) is 0 Å². The molecule has 0 spiro atoms. The van der Waals surface area contributed by atoms with Crippen LogP contribution >= 0.6 is 22.6 Å². The number of aliphatic hydroxyl groups is 1. The zero-order valence-corrected chi connectivity index (χ0v) is 12.6. The third-order valence-electron chi connectivity index (χ3n) is 3.78. The van der Waals surface area contributed by atoms with Crippen LogP contribution in [0.5, 0.6) is 0 Å². The van der Waals surface area contributed by atoms with Crippen LogP contribution in [0.15, 0.2) is 12.1 Å². The van der Waals surface area contributed by atoms with Crippen molar-refractivity contribution >= 4 is 34.0 Å². The van der Waals surface area contributed by atoms with Crippen molar-refractivity contribution in [2.45, 2.75) is 32.4 Å². The number of halogens is 2. The van der Waals surface area contributed by atoms with Crippen LogP contribution < -0.4 is 5.32 Å². The molecule has 0 amide bonds. The zero-order chi connectivity index (χ0) is 14.4. The van der Waals surface area contributed by atoms with Gasteiger partial charge in [-0.25, -0.2) is 4.39 Å². The number of hydrogen-bond donors (Lipinski definition) is 2. The molecule has 1 aliphatic carbocycles. The Morgan fingerprint density at radius 3 is 2.68 bits per heavy atom. The Labute approximate surface area is 123 Å². The molecule has 0 heterocycles. The molecule has 1 aromatic rings. The average molecular weight is 380 g/mol. The Morgan fingerprint density at radius 2 is 2.21 bits per heavy atom. The highest BCUT2D eigenvalue weighted by Crippen LogP contribution is 2.43. The third-order valence-corrected chi connectivity index (χ3v) is 4.61. The van der Waals surface area contributed by atoms with E-state index in [4.69, 9.17) is 0 Å². The number of benzene rings is 1. The summed E-state index contributed by atoms with van der Waals surface area (Å²) in [7, 11) is 0. The summed E-state index contributed by atoms with van der Waals surface area (Å²) in [6.45, 7) is 3.74. The van der Waals surface area contributed by atoms with E-state index < -0.39 is 16.8 Å². The number of nitro benzene ring substituents is 1. The Kier molecular flexibility index (Phi) is 3.69. The van der Waals surface area contributed by atoms with Crippen LogP contribution in [0.4, 0.5) is 15.8 Å². The maximum Gasteiger partial charge on any atom is 0.293 e. The van der Waals surface area contributed by atoms with E-state index in [1.807, 2.05) is 13.8 Å². The summed E-state index contributed by atoms with van der Waals surface area (Å²) < 4.78 is 13.8. The zero-order valence-electron chi connectivity index (χ0n) is 10.5. The average Bonchev–Trinajstić information content (AvgIpc) is 2.32. The minimum atomic E-state index is -0.536. The lowest BCUT2D eigenvalue weighted by atomic mass is 9.64. The van der Waals surface area contributed by atoms with Crippen molar-refractivity contribution in [3.05, 3.63) is 31.6 Å². The molecular formula is C12H14FIN2O3. The molecule has 104 valence electrons. The maximum absolute atomic E-state index is 13.5. The quantitative estimate of drug-likeness (QED) is 0.481. The summed E-state index contributed by atoms with van der Waals surface area (Å²) in [5, 5.41) is 23.6. The van der Waals surface area contributed by atoms with Gasteiger partial charge in [0.25, 0.3) is 5.69 Å². The van der Waals surface area contributed by atoms with Crippen LogP contribution in [0.1, 0.15) is 20.3 Å². The highest BCUT2D eigenvalue weighted by Gasteiger charge is 2.47. The molecule has 2 N–H and O–H groups in total. The van der Waals surface area contributed by atoms with Crippen molar-refractivity contribution < 1.29 is 14.4 Å². The van der Waals surface area contributed by atoms with Crippen LogP contribution in [0.3, 0.4) is 0 Å². The lowest BCUT2D eigenvalue weighted by Gasteiger charge is -2.49. The van der Waals surface area contributed by atoms with Gasteiger partial charge in [-0.15, -0.1) is 0 Å². The minimum Gasteiger partial charge on any atom is -0.392 e. The molecule has 0 aliphatic heterocycles. The molecule has 7 heteroatoms. The molecule has 0 bridgehead atoms. The maximum atomic E-state index is 13.5. The van der Waals surface area contributed by atoms with Gasteiger partial charge in [-0.2, -0.15) is 0 Å². The van der Waals surface area contributed by atoms with Gasteiger partial charge in [0.15, 0.2) is 0 Å². The Hall–Kier alpha value is -0.960. The van der Waals surface area contributed by atoms with Crippen LogP contribution in [0.25, 0.3) is 0 Å². The van der Waals surface area contributed by atoms with Crippen molar-refractivity contribution in [1.82, 2.24) is 0 Å². The van der Waals surface area contributed by atoms with Gasteiger partial charge < -0.3 is 10.4 Å². The Balaban J connectivity index is 2.30. The van der Waals surface area contributed by atoms with Crippen molar-refractivity contribution in [2.75, 3.05) is 5.32 Å². The Morgan fingerprint density at radius 1 is 1.58 bits per heavy atom. The topological polar surface area (TPSA) is 75.4 Å². The summed E-state index contributed by atoms with van der Waals surface area (Å²) in [5.74, 6) is -0.494. The molecule has 1 aromatic carbocycles. The fraction of sp³-hybridized carbons (Fsp3) is 0.500. The van der Waals surface area contributed by atoms with E-state index in [-0.39, 0.29) is 26.4 Å². The predicted molar refractivity (Wildman–Crippen MR) is 77.6 cm³/mol. The molecule has 1 saturated carbocycles. The molecule has 0 saturated heterocycles. The van der Waals surface area contributed by atoms with E-state index in [9.17, 15) is 19.6 Å². The number of nitro groups is 1. The van der Waals surface area contributed by atoms with Gasteiger partial charge in [0.1, 0.15) is 11.5 Å². The number of rotatable bonds is 3. The fourth-order valence-corrected chi connectivity index (χ4v) is 2.59. The molecule has 0 aromatic heterocycles. The first-order valence-corrected chi connectivity index (χ1v) is 6.89. The number of aliphatic hydroxyl groups excluding tert-OH is 1. The lowest BCUT2D eigenvalue weighted by molar-refractivity contribution is -0.384. The molecule has 2 rings (SSSR count). The second kappa shape index (κ2) is 4.86. The fourth-order valence-electron chi connectivity index (χ4n) is 2.14. The van der Waals surface area contributed by atoms with Gasteiger partial charge in [0.05, 0.1) is 14.6 Å². The van der Waals surface area contributed by atoms with Gasteiger partial charge in [-0.05, 0) is 29.0 Å². The van der Waals surface area contributed by atoms with Gasteiger partial charge in [-0.3, -0.25) is 10.1 Å². The summed E-state index contributed by atoms with van der Waals surface area (Å²) >= 11 is 1.72. The smallest absolute Gasteiger partial charge is 0.293 e. The summed E-state index contributed by atoms with van der Waals surface area (Å²) in [5.41, 5.74) is -0.372. The number of nitrogens with zero attached hydrogens (tertiary/aromatic N) is 1. The summed E-state index contributed by atoms with van der Waals surface area (Å²) in [6.07, 6.45) is 0.0513. The number of anilines is 1. The Bertz CT molecular complexity index is 536. The first kappa shape index (κ1) is 14.4. The summed E-state index contributed by atoms with van der Waals surface area (Å²) in [4.78, 5) is 10.5. The molecule has 1 fully saturated rings. The molecular weight excluding hydrogens is 366 g/mol. The van der Waals surface area contributed by atoms with Gasteiger partial charge >= 0.3 is 0 Å². The highest BCUT2D eigenvalue weighted by atomic mass is 127. The minimum absolute atomic E-state index is 0.110. The molecule has 2 unspecified atom stereocenters. The van der Waals surface area contributed by atoms with Crippen molar-refractivity contribution in [3.8, 4) is 0 Å². The predicted octanol–water partition coefficient (Wildman–Crippen LogP) is 2.91. The second-order valence-electron chi connectivity index (χ2n) is 5.31.